The van der Waals surface area contributed by atoms with Gasteiger partial charge in [-0.05, 0) is 23.9 Å². The van der Waals surface area contributed by atoms with Crippen LogP contribution in [-0.2, 0) is 6.54 Å². The van der Waals surface area contributed by atoms with Crippen molar-refractivity contribution in [1.29, 1.82) is 0 Å². The zero-order valence-corrected chi connectivity index (χ0v) is 12.1. The van der Waals surface area contributed by atoms with Crippen LogP contribution >= 0.6 is 11.3 Å². The highest BCUT2D eigenvalue weighted by atomic mass is 32.1. The first-order valence-electron chi connectivity index (χ1n) is 6.37. The van der Waals surface area contributed by atoms with E-state index in [-0.39, 0.29) is 16.0 Å². The lowest BCUT2D eigenvalue weighted by Gasteiger charge is -2.11. The number of benzene rings is 1. The van der Waals surface area contributed by atoms with Crippen LogP contribution in [0.5, 0.6) is 0 Å². The van der Waals surface area contributed by atoms with Crippen LogP contribution in [0.15, 0.2) is 46.7 Å². The topological polar surface area (TPSA) is 65.1 Å². The molecule has 0 saturated heterocycles. The Hall–Kier alpha value is -2.47. The van der Waals surface area contributed by atoms with Crippen molar-refractivity contribution in [3.8, 4) is 0 Å². The SMILES string of the molecule is Cc1c(Cn2ccc(=O)c3sccc32)cccc1[N+](=O)[O-]. The molecule has 3 rings (SSSR count). The summed E-state index contributed by atoms with van der Waals surface area (Å²) in [5, 5.41) is 12.9. The molecule has 0 bridgehead atoms. The van der Waals surface area contributed by atoms with E-state index < -0.39 is 0 Å². The first kappa shape index (κ1) is 13.5. The summed E-state index contributed by atoms with van der Waals surface area (Å²) in [5.41, 5.74) is 2.52. The van der Waals surface area contributed by atoms with Crippen LogP contribution in [0.2, 0.25) is 0 Å². The van der Waals surface area contributed by atoms with Gasteiger partial charge in [0.1, 0.15) is 0 Å². The Labute approximate surface area is 124 Å². The van der Waals surface area contributed by atoms with Crippen LogP contribution in [0.25, 0.3) is 10.2 Å². The lowest BCUT2D eigenvalue weighted by molar-refractivity contribution is -0.385. The number of nitro groups is 1. The number of hydrogen-bond donors (Lipinski definition) is 0. The van der Waals surface area contributed by atoms with Crippen LogP contribution in [-0.4, -0.2) is 9.49 Å². The molecule has 0 amide bonds. The van der Waals surface area contributed by atoms with Crippen LogP contribution in [0, 0.1) is 17.0 Å². The number of fused-ring (bicyclic) bond motifs is 1. The smallest absolute Gasteiger partial charge is 0.272 e. The van der Waals surface area contributed by atoms with Gasteiger partial charge in [0.05, 0.1) is 15.1 Å². The van der Waals surface area contributed by atoms with Gasteiger partial charge < -0.3 is 4.57 Å². The first-order valence-corrected chi connectivity index (χ1v) is 7.25. The molecular formula is C15H12N2O3S. The van der Waals surface area contributed by atoms with Crippen molar-refractivity contribution in [3.05, 3.63) is 73.4 Å². The van der Waals surface area contributed by atoms with Crippen molar-refractivity contribution in [3.63, 3.8) is 0 Å². The Bertz CT molecular complexity index is 895. The van der Waals surface area contributed by atoms with Gasteiger partial charge >= 0.3 is 0 Å². The fourth-order valence-electron chi connectivity index (χ4n) is 2.39. The third-order valence-corrected chi connectivity index (χ3v) is 4.46. The molecule has 0 atom stereocenters. The molecule has 0 aliphatic heterocycles. The van der Waals surface area contributed by atoms with E-state index in [4.69, 9.17) is 0 Å². The van der Waals surface area contributed by atoms with Gasteiger partial charge in [0.25, 0.3) is 5.69 Å². The maximum Gasteiger partial charge on any atom is 0.272 e. The van der Waals surface area contributed by atoms with Gasteiger partial charge in [0, 0.05) is 30.4 Å². The fourth-order valence-corrected chi connectivity index (χ4v) is 3.21. The predicted molar refractivity (Wildman–Crippen MR) is 83.0 cm³/mol. The highest BCUT2D eigenvalue weighted by Gasteiger charge is 2.14. The second-order valence-corrected chi connectivity index (χ2v) is 5.68. The quantitative estimate of drug-likeness (QED) is 0.550. The molecule has 3 aromatic rings. The molecule has 0 unspecified atom stereocenters. The second kappa shape index (κ2) is 5.14. The molecule has 0 aliphatic rings. The van der Waals surface area contributed by atoms with E-state index in [1.165, 1.54) is 23.5 Å². The van der Waals surface area contributed by atoms with Gasteiger partial charge in [-0.25, -0.2) is 0 Å². The van der Waals surface area contributed by atoms with Gasteiger partial charge in [-0.15, -0.1) is 11.3 Å². The number of thiophene rings is 1. The molecule has 0 aliphatic carbocycles. The molecule has 5 nitrogen and oxygen atoms in total. The summed E-state index contributed by atoms with van der Waals surface area (Å²) in [6.45, 7) is 2.25. The minimum absolute atomic E-state index is 0.00649. The summed E-state index contributed by atoms with van der Waals surface area (Å²) < 4.78 is 2.65. The van der Waals surface area contributed by atoms with E-state index in [0.29, 0.717) is 16.8 Å². The third-order valence-electron chi connectivity index (χ3n) is 3.54. The van der Waals surface area contributed by atoms with Crippen molar-refractivity contribution in [2.75, 3.05) is 0 Å². The second-order valence-electron chi connectivity index (χ2n) is 4.76. The summed E-state index contributed by atoms with van der Waals surface area (Å²) in [6, 6.07) is 8.50. The van der Waals surface area contributed by atoms with Crippen molar-refractivity contribution in [2.24, 2.45) is 0 Å². The van der Waals surface area contributed by atoms with Crippen LogP contribution in [0.1, 0.15) is 11.1 Å². The van der Waals surface area contributed by atoms with E-state index in [2.05, 4.69) is 0 Å². The van der Waals surface area contributed by atoms with Gasteiger partial charge in [-0.3, -0.25) is 14.9 Å². The lowest BCUT2D eigenvalue weighted by Crippen LogP contribution is -2.08. The Morgan fingerprint density at radius 3 is 2.86 bits per heavy atom. The number of hydrogen-bond acceptors (Lipinski definition) is 4. The molecule has 0 saturated carbocycles. The largest absolute Gasteiger partial charge is 0.342 e. The summed E-state index contributed by atoms with van der Waals surface area (Å²) in [4.78, 5) is 22.4. The predicted octanol–water partition coefficient (Wildman–Crippen LogP) is 3.33. The highest BCUT2D eigenvalue weighted by Crippen LogP contribution is 2.23. The minimum Gasteiger partial charge on any atom is -0.342 e. The number of rotatable bonds is 3. The number of nitro benzene ring substituents is 1. The van der Waals surface area contributed by atoms with Gasteiger partial charge in [-0.2, -0.15) is 0 Å². The molecule has 0 spiro atoms. The molecule has 0 radical (unpaired) electrons. The molecule has 1 aromatic carbocycles. The monoisotopic (exact) mass is 300 g/mol. The van der Waals surface area contributed by atoms with E-state index in [1.54, 1.807) is 19.2 Å². The van der Waals surface area contributed by atoms with Crippen LogP contribution in [0.3, 0.4) is 0 Å². The maximum atomic E-state index is 11.8. The van der Waals surface area contributed by atoms with Crippen LogP contribution < -0.4 is 5.43 Å². The molecule has 0 N–H and O–H groups in total. The normalized spacial score (nSPS) is 10.9. The number of nitrogens with zero attached hydrogens (tertiary/aromatic N) is 2. The molecule has 6 heteroatoms. The van der Waals surface area contributed by atoms with E-state index in [0.717, 1.165) is 11.1 Å². The van der Waals surface area contributed by atoms with Gasteiger partial charge in [-0.1, -0.05) is 12.1 Å². The summed E-state index contributed by atoms with van der Waals surface area (Å²) in [5.74, 6) is 0. The highest BCUT2D eigenvalue weighted by molar-refractivity contribution is 7.17. The van der Waals surface area contributed by atoms with E-state index in [1.807, 2.05) is 22.1 Å². The molecule has 106 valence electrons. The van der Waals surface area contributed by atoms with E-state index >= 15 is 0 Å². The fraction of sp³-hybridized carbons (Fsp3) is 0.133. The Morgan fingerprint density at radius 1 is 1.29 bits per heavy atom. The average Bonchev–Trinajstić information content (AvgIpc) is 2.94. The average molecular weight is 300 g/mol. The molecule has 0 fully saturated rings. The maximum absolute atomic E-state index is 11.8. The lowest BCUT2D eigenvalue weighted by atomic mass is 10.1. The van der Waals surface area contributed by atoms with Crippen LogP contribution in [0.4, 0.5) is 5.69 Å². The van der Waals surface area contributed by atoms with Crippen molar-refractivity contribution in [1.82, 2.24) is 4.57 Å². The van der Waals surface area contributed by atoms with Crippen molar-refractivity contribution >= 4 is 27.2 Å². The van der Waals surface area contributed by atoms with Gasteiger partial charge in [0.15, 0.2) is 5.43 Å². The van der Waals surface area contributed by atoms with E-state index in [9.17, 15) is 14.9 Å². The minimum atomic E-state index is -0.371. The van der Waals surface area contributed by atoms with Gasteiger partial charge in [0.2, 0.25) is 0 Å². The number of aromatic nitrogens is 1. The number of pyridine rings is 1. The molecule has 2 aromatic heterocycles. The Kier molecular flexibility index (Phi) is 3.31. The Balaban J connectivity index is 2.09. The molecular weight excluding hydrogens is 288 g/mol. The summed E-state index contributed by atoms with van der Waals surface area (Å²) in [7, 11) is 0. The standard InChI is InChI=1S/C15H12N2O3S/c1-10-11(3-2-4-12(10)17(19)20)9-16-7-5-14(18)15-13(16)6-8-21-15/h2-8H,9H2,1H3. The summed E-state index contributed by atoms with van der Waals surface area (Å²) >= 11 is 1.41. The summed E-state index contributed by atoms with van der Waals surface area (Å²) in [6.07, 6.45) is 1.73. The van der Waals surface area contributed by atoms with Crippen molar-refractivity contribution < 1.29 is 4.92 Å². The first-order chi connectivity index (χ1) is 10.1. The molecule has 2 heterocycles. The third kappa shape index (κ3) is 2.34. The Morgan fingerprint density at radius 2 is 2.10 bits per heavy atom. The zero-order valence-electron chi connectivity index (χ0n) is 11.3. The zero-order chi connectivity index (χ0) is 15.0. The molecule has 21 heavy (non-hydrogen) atoms. The van der Waals surface area contributed by atoms with Crippen molar-refractivity contribution in [2.45, 2.75) is 13.5 Å².